The third-order valence-electron chi connectivity index (χ3n) is 9.27. The first-order chi connectivity index (χ1) is 30.2. The predicted octanol–water partition coefficient (Wildman–Crippen LogP) is 10.4. The second-order valence-electron chi connectivity index (χ2n) is 13.7. The lowest BCUT2D eigenvalue weighted by atomic mass is 10.1. The molecule has 0 fully saturated rings. The highest BCUT2D eigenvalue weighted by Gasteiger charge is 2.15. The molecular weight excluding hydrogens is 781 g/mol. The predicted molar refractivity (Wildman–Crippen MR) is 238 cm³/mol. The smallest absolute Gasteiger partial charge is 0.343 e. The van der Waals surface area contributed by atoms with Gasteiger partial charge < -0.3 is 20.1 Å². The van der Waals surface area contributed by atoms with E-state index >= 15 is 0 Å². The van der Waals surface area contributed by atoms with Crippen LogP contribution < -0.4 is 20.1 Å². The summed E-state index contributed by atoms with van der Waals surface area (Å²) in [5.74, 6) is -1.95. The maximum Gasteiger partial charge on any atom is 0.343 e. The van der Waals surface area contributed by atoms with Crippen molar-refractivity contribution in [3.63, 3.8) is 0 Å². The minimum atomic E-state index is -0.673. The number of ketones is 2. The molecule has 0 saturated heterocycles. The van der Waals surface area contributed by atoms with Crippen LogP contribution in [0.3, 0.4) is 0 Å². The van der Waals surface area contributed by atoms with E-state index in [0.717, 1.165) is 11.1 Å². The third kappa shape index (κ3) is 11.2. The number of nitrogens with one attached hydrogen (secondary N) is 2. The molecule has 0 spiro atoms. The summed E-state index contributed by atoms with van der Waals surface area (Å²) >= 11 is 0. The molecule has 0 unspecified atom stereocenters. The van der Waals surface area contributed by atoms with Gasteiger partial charge in [0.2, 0.25) is 0 Å². The summed E-state index contributed by atoms with van der Waals surface area (Å²) in [5.41, 5.74) is 4.72. The number of allylic oxidation sites excluding steroid dienone is 2. The Morgan fingerprint density at radius 3 is 1.08 bits per heavy atom. The molecule has 0 saturated carbocycles. The van der Waals surface area contributed by atoms with Gasteiger partial charge in [0.15, 0.2) is 11.6 Å². The molecule has 0 aliphatic rings. The first-order valence-corrected chi connectivity index (χ1v) is 19.3. The van der Waals surface area contributed by atoms with E-state index in [0.29, 0.717) is 33.6 Å². The third-order valence-corrected chi connectivity index (χ3v) is 9.27. The van der Waals surface area contributed by atoms with Gasteiger partial charge in [-0.15, -0.1) is 0 Å². The summed E-state index contributed by atoms with van der Waals surface area (Å²) in [7, 11) is 0. The first kappa shape index (κ1) is 41.4. The number of ether oxygens (including phenoxy) is 2. The van der Waals surface area contributed by atoms with E-state index in [9.17, 15) is 28.8 Å². The zero-order valence-electron chi connectivity index (χ0n) is 32.9. The van der Waals surface area contributed by atoms with Crippen molar-refractivity contribution in [2.24, 2.45) is 0 Å². The maximum atomic E-state index is 13.0. The summed E-state index contributed by atoms with van der Waals surface area (Å²) in [5, 5.41) is 5.66. The molecular formula is C52H36N2O8. The normalized spacial score (nSPS) is 10.8. The molecule has 2 N–H and O–H groups in total. The lowest BCUT2D eigenvalue weighted by Crippen LogP contribution is -2.13. The van der Waals surface area contributed by atoms with Crippen LogP contribution in [0.1, 0.15) is 73.3 Å². The molecule has 0 heterocycles. The molecule has 7 aromatic carbocycles. The van der Waals surface area contributed by atoms with E-state index in [1.54, 1.807) is 97.1 Å². The Kier molecular flexibility index (Phi) is 13.2. The van der Waals surface area contributed by atoms with E-state index in [-0.39, 0.29) is 46.0 Å². The van der Waals surface area contributed by atoms with Crippen LogP contribution in [0.15, 0.2) is 194 Å². The number of hydrogen-bond donors (Lipinski definition) is 2. The first-order valence-electron chi connectivity index (χ1n) is 19.3. The summed E-state index contributed by atoms with van der Waals surface area (Å²) in [6.45, 7) is 0. The fourth-order valence-corrected chi connectivity index (χ4v) is 6.01. The van der Waals surface area contributed by atoms with E-state index in [1.165, 1.54) is 84.9 Å². The molecule has 2 amide bonds. The summed E-state index contributed by atoms with van der Waals surface area (Å²) in [6, 6.07) is 49.8. The van der Waals surface area contributed by atoms with Crippen molar-refractivity contribution < 1.29 is 38.2 Å². The summed E-state index contributed by atoms with van der Waals surface area (Å²) in [4.78, 5) is 76.5. The van der Waals surface area contributed by atoms with Gasteiger partial charge >= 0.3 is 11.9 Å². The molecule has 0 bridgehead atoms. The highest BCUT2D eigenvalue weighted by Crippen LogP contribution is 2.20. The van der Waals surface area contributed by atoms with Gasteiger partial charge in [0, 0.05) is 33.6 Å². The molecule has 10 nitrogen and oxygen atoms in total. The number of esters is 2. The van der Waals surface area contributed by atoms with Gasteiger partial charge in [-0.25, -0.2) is 9.59 Å². The highest BCUT2D eigenvalue weighted by atomic mass is 16.5. The van der Waals surface area contributed by atoms with E-state index < -0.39 is 11.9 Å². The van der Waals surface area contributed by atoms with E-state index in [2.05, 4.69) is 10.6 Å². The largest absolute Gasteiger partial charge is 0.423 e. The number of amides is 2. The monoisotopic (exact) mass is 816 g/mol. The van der Waals surface area contributed by atoms with Crippen molar-refractivity contribution in [3.05, 3.63) is 239 Å². The van der Waals surface area contributed by atoms with E-state index in [1.807, 2.05) is 24.3 Å². The molecule has 0 radical (unpaired) electrons. The standard InChI is InChI=1S/C52H36N2O8/c55-47(37-11-3-1-4-12-37)31-17-35-9-7-15-43(33-35)53-49(57)39-23-27-45(28-24-39)61-51(59)41-19-21-42(22-20-41)52(60)62-46-29-25-40(26-30-46)50(58)54-44-16-8-10-36(34-44)18-32-48(56)38-13-5-2-6-14-38/h1-34H,(H,53,57)(H,54,58)/b31-17+,32-18+. The molecule has 0 aromatic heterocycles. The van der Waals surface area contributed by atoms with Crippen LogP contribution in [0.2, 0.25) is 0 Å². The van der Waals surface area contributed by atoms with Gasteiger partial charge in [-0.3, -0.25) is 19.2 Å². The zero-order chi connectivity index (χ0) is 43.3. The molecule has 62 heavy (non-hydrogen) atoms. The van der Waals surface area contributed by atoms with Crippen LogP contribution in [0.4, 0.5) is 11.4 Å². The fourth-order valence-electron chi connectivity index (χ4n) is 6.01. The van der Waals surface area contributed by atoms with Crippen LogP contribution in [0, 0.1) is 0 Å². The van der Waals surface area contributed by atoms with Gasteiger partial charge in [-0.1, -0.05) is 97.1 Å². The average Bonchev–Trinajstić information content (AvgIpc) is 3.31. The molecule has 302 valence electrons. The van der Waals surface area contributed by atoms with Gasteiger partial charge in [0.05, 0.1) is 11.1 Å². The number of carbonyl (C=O) groups excluding carboxylic acids is 6. The fraction of sp³-hybridized carbons (Fsp3) is 0. The average molecular weight is 817 g/mol. The van der Waals surface area contributed by atoms with Gasteiger partial charge in [-0.2, -0.15) is 0 Å². The van der Waals surface area contributed by atoms with Crippen LogP contribution in [-0.4, -0.2) is 35.3 Å². The number of benzene rings is 7. The maximum absolute atomic E-state index is 13.0. The molecule has 0 atom stereocenters. The summed E-state index contributed by atoms with van der Waals surface area (Å²) < 4.78 is 11.0. The highest BCUT2D eigenvalue weighted by molar-refractivity contribution is 6.08. The van der Waals surface area contributed by atoms with Crippen molar-refractivity contribution in [2.45, 2.75) is 0 Å². The second kappa shape index (κ2) is 19.8. The number of carbonyl (C=O) groups is 6. The SMILES string of the molecule is O=C(/C=C/c1cccc(NC(=O)c2ccc(OC(=O)c3ccc(C(=O)Oc4ccc(C(=O)Nc5cccc(/C=C/C(=O)c6ccccc6)c5)cc4)cc3)cc2)c1)c1ccccc1. The number of rotatable bonds is 14. The Morgan fingerprint density at radius 2 is 0.710 bits per heavy atom. The van der Waals surface area contributed by atoms with Crippen LogP contribution in [0.25, 0.3) is 12.2 Å². The number of hydrogen-bond acceptors (Lipinski definition) is 8. The molecule has 0 aliphatic carbocycles. The van der Waals surface area contributed by atoms with Crippen molar-refractivity contribution >= 4 is 58.8 Å². The minimum absolute atomic E-state index is 0.132. The molecule has 0 aliphatic heterocycles. The van der Waals surface area contributed by atoms with Gasteiger partial charge in [0.1, 0.15) is 11.5 Å². The van der Waals surface area contributed by atoms with Crippen molar-refractivity contribution in [2.75, 3.05) is 10.6 Å². The lowest BCUT2D eigenvalue weighted by Gasteiger charge is -2.09. The van der Waals surface area contributed by atoms with Crippen LogP contribution in [0.5, 0.6) is 11.5 Å². The lowest BCUT2D eigenvalue weighted by molar-refractivity contribution is 0.0720. The Hall–Kier alpha value is -8.76. The topological polar surface area (TPSA) is 145 Å². The second-order valence-corrected chi connectivity index (χ2v) is 13.7. The quantitative estimate of drug-likeness (QED) is 0.0478. The molecule has 7 aromatic rings. The minimum Gasteiger partial charge on any atom is -0.423 e. The van der Waals surface area contributed by atoms with Crippen molar-refractivity contribution in [3.8, 4) is 11.5 Å². The van der Waals surface area contributed by atoms with E-state index in [4.69, 9.17) is 9.47 Å². The van der Waals surface area contributed by atoms with Crippen LogP contribution in [-0.2, 0) is 0 Å². The Labute approximate surface area is 356 Å². The number of anilines is 2. The Bertz CT molecular complexity index is 2620. The molecule has 10 heteroatoms. The molecule has 7 rings (SSSR count). The van der Waals surface area contributed by atoms with Gasteiger partial charge in [-0.05, 0) is 120 Å². The summed E-state index contributed by atoms with van der Waals surface area (Å²) in [6.07, 6.45) is 6.32. The van der Waals surface area contributed by atoms with Crippen molar-refractivity contribution in [1.29, 1.82) is 0 Å². The Morgan fingerprint density at radius 1 is 0.355 bits per heavy atom. The van der Waals surface area contributed by atoms with Gasteiger partial charge in [0.25, 0.3) is 11.8 Å². The zero-order valence-corrected chi connectivity index (χ0v) is 32.9. The van der Waals surface area contributed by atoms with Crippen LogP contribution >= 0.6 is 0 Å². The van der Waals surface area contributed by atoms with Crippen molar-refractivity contribution in [1.82, 2.24) is 0 Å². The Balaban J connectivity index is 0.872.